The second-order valence-electron chi connectivity index (χ2n) is 7.12. The Hall–Kier alpha value is -1.39. The molecule has 2 heterocycles. The molecule has 0 unspecified atom stereocenters. The Balaban J connectivity index is 0.00000300. The molecule has 8 heteroatoms. The highest BCUT2D eigenvalue weighted by Crippen LogP contribution is 2.16. The molecular formula is C21H33IN6S. The molecule has 0 saturated carbocycles. The van der Waals surface area contributed by atoms with Crippen molar-refractivity contribution in [2.45, 2.75) is 26.8 Å². The molecule has 0 atom stereocenters. The zero-order valence-corrected chi connectivity index (χ0v) is 20.8. The van der Waals surface area contributed by atoms with Gasteiger partial charge in [0.05, 0.1) is 12.2 Å². The van der Waals surface area contributed by atoms with Crippen LogP contribution in [0.1, 0.15) is 22.0 Å². The van der Waals surface area contributed by atoms with Gasteiger partial charge in [0.25, 0.3) is 0 Å². The smallest absolute Gasteiger partial charge is 0.191 e. The third-order valence-corrected chi connectivity index (χ3v) is 6.21. The largest absolute Gasteiger partial charge is 0.369 e. The van der Waals surface area contributed by atoms with Crippen molar-refractivity contribution in [1.29, 1.82) is 0 Å². The van der Waals surface area contributed by atoms with Crippen LogP contribution in [0.3, 0.4) is 0 Å². The number of aromatic nitrogens is 1. The topological polar surface area (TPSA) is 55.8 Å². The first-order valence-electron chi connectivity index (χ1n) is 10.1. The van der Waals surface area contributed by atoms with E-state index in [0.717, 1.165) is 68.9 Å². The highest BCUT2D eigenvalue weighted by molar-refractivity contribution is 14.0. The van der Waals surface area contributed by atoms with Gasteiger partial charge < -0.3 is 15.5 Å². The number of benzene rings is 1. The molecule has 6 nitrogen and oxygen atoms in total. The fourth-order valence-corrected chi connectivity index (χ4v) is 4.25. The van der Waals surface area contributed by atoms with Crippen LogP contribution in [0.2, 0.25) is 0 Å². The molecule has 0 bridgehead atoms. The lowest BCUT2D eigenvalue weighted by atomic mass is 10.2. The highest BCUT2D eigenvalue weighted by atomic mass is 127. The molecule has 1 aliphatic rings. The van der Waals surface area contributed by atoms with E-state index in [4.69, 9.17) is 0 Å². The first-order chi connectivity index (χ1) is 13.7. The summed E-state index contributed by atoms with van der Waals surface area (Å²) in [5.41, 5.74) is 2.46. The second kappa shape index (κ2) is 12.3. The average Bonchev–Trinajstić information content (AvgIpc) is 3.06. The summed E-state index contributed by atoms with van der Waals surface area (Å²) in [6.07, 6.45) is 1.11. The van der Waals surface area contributed by atoms with E-state index in [1.165, 1.54) is 10.6 Å². The molecule has 3 rings (SSSR count). The molecule has 2 aromatic rings. The number of rotatable bonds is 7. The van der Waals surface area contributed by atoms with E-state index >= 15 is 0 Å². The first kappa shape index (κ1) is 23.9. The van der Waals surface area contributed by atoms with Gasteiger partial charge in [0, 0.05) is 50.3 Å². The number of aryl methyl sites for hydroxylation is 2. The van der Waals surface area contributed by atoms with Gasteiger partial charge in [-0.05, 0) is 38.9 Å². The van der Waals surface area contributed by atoms with Crippen molar-refractivity contribution in [3.8, 4) is 0 Å². The third kappa shape index (κ3) is 7.42. The summed E-state index contributed by atoms with van der Waals surface area (Å²) in [4.78, 5) is 15.2. The molecule has 160 valence electrons. The van der Waals surface area contributed by atoms with Crippen LogP contribution in [-0.4, -0.2) is 62.2 Å². The van der Waals surface area contributed by atoms with E-state index in [9.17, 15) is 0 Å². The van der Waals surface area contributed by atoms with Crippen LogP contribution >= 0.6 is 35.3 Å². The Labute approximate surface area is 195 Å². The number of piperazine rings is 1. The molecule has 1 aromatic carbocycles. The molecule has 1 fully saturated rings. The molecule has 2 N–H and O–H groups in total. The van der Waals surface area contributed by atoms with Gasteiger partial charge in [0.15, 0.2) is 5.96 Å². The van der Waals surface area contributed by atoms with Gasteiger partial charge in [0.2, 0.25) is 0 Å². The number of thiazole rings is 1. The van der Waals surface area contributed by atoms with Crippen LogP contribution in [0.5, 0.6) is 0 Å². The Bertz CT molecular complexity index is 736. The van der Waals surface area contributed by atoms with Gasteiger partial charge in [-0.3, -0.25) is 9.89 Å². The van der Waals surface area contributed by atoms with Gasteiger partial charge in [-0.1, -0.05) is 18.2 Å². The summed E-state index contributed by atoms with van der Waals surface area (Å²) in [5.74, 6) is 0.847. The van der Waals surface area contributed by atoms with Gasteiger partial charge >= 0.3 is 0 Å². The summed E-state index contributed by atoms with van der Waals surface area (Å²) in [6.45, 7) is 11.4. The van der Waals surface area contributed by atoms with E-state index in [-0.39, 0.29) is 24.0 Å². The lowest BCUT2D eigenvalue weighted by Crippen LogP contribution is -2.47. The summed E-state index contributed by atoms with van der Waals surface area (Å²) >= 11 is 1.75. The SMILES string of the molecule is CN=C(NCCCN1CCN(c2ccccc2)CC1)NCc1nc(C)c(C)s1.I. The molecule has 0 amide bonds. The minimum Gasteiger partial charge on any atom is -0.369 e. The highest BCUT2D eigenvalue weighted by Gasteiger charge is 2.16. The van der Waals surface area contributed by atoms with E-state index < -0.39 is 0 Å². The Morgan fingerprint density at radius 3 is 2.45 bits per heavy atom. The van der Waals surface area contributed by atoms with E-state index in [1.807, 2.05) is 7.05 Å². The molecule has 1 aromatic heterocycles. The van der Waals surface area contributed by atoms with Gasteiger partial charge in [-0.25, -0.2) is 4.98 Å². The molecule has 1 saturated heterocycles. The van der Waals surface area contributed by atoms with Crippen LogP contribution < -0.4 is 15.5 Å². The summed E-state index contributed by atoms with van der Waals surface area (Å²) in [6, 6.07) is 10.7. The summed E-state index contributed by atoms with van der Waals surface area (Å²) < 4.78 is 0. The molecule has 0 radical (unpaired) electrons. The maximum Gasteiger partial charge on any atom is 0.191 e. The van der Waals surface area contributed by atoms with Crippen molar-refractivity contribution < 1.29 is 0 Å². The zero-order valence-electron chi connectivity index (χ0n) is 17.6. The number of aliphatic imine (C=N–C) groups is 1. The normalized spacial score (nSPS) is 15.1. The average molecular weight is 529 g/mol. The van der Waals surface area contributed by atoms with Crippen LogP contribution in [-0.2, 0) is 6.54 Å². The van der Waals surface area contributed by atoms with E-state index in [2.05, 4.69) is 74.6 Å². The van der Waals surface area contributed by atoms with E-state index in [1.54, 1.807) is 11.3 Å². The molecule has 1 aliphatic heterocycles. The maximum atomic E-state index is 4.56. The lowest BCUT2D eigenvalue weighted by molar-refractivity contribution is 0.255. The Morgan fingerprint density at radius 2 is 1.83 bits per heavy atom. The number of halogens is 1. The number of nitrogens with one attached hydrogen (secondary N) is 2. The van der Waals surface area contributed by atoms with E-state index in [0.29, 0.717) is 0 Å². The summed E-state index contributed by atoms with van der Waals surface area (Å²) in [7, 11) is 1.82. The van der Waals surface area contributed by atoms with Crippen LogP contribution in [0.25, 0.3) is 0 Å². The van der Waals surface area contributed by atoms with Crippen molar-refractivity contribution in [1.82, 2.24) is 20.5 Å². The van der Waals surface area contributed by atoms with Gasteiger partial charge in [0.1, 0.15) is 5.01 Å². The van der Waals surface area contributed by atoms with Crippen LogP contribution in [0.4, 0.5) is 5.69 Å². The minimum atomic E-state index is 0. The van der Waals surface area contributed by atoms with Crippen LogP contribution in [0.15, 0.2) is 35.3 Å². The summed E-state index contributed by atoms with van der Waals surface area (Å²) in [5, 5.41) is 7.87. The molecule has 0 spiro atoms. The minimum absolute atomic E-state index is 0. The number of hydrogen-bond donors (Lipinski definition) is 2. The molecule has 29 heavy (non-hydrogen) atoms. The predicted octanol–water partition coefficient (Wildman–Crippen LogP) is 3.26. The van der Waals surface area contributed by atoms with Crippen LogP contribution in [0, 0.1) is 13.8 Å². The molecule has 0 aliphatic carbocycles. The number of nitrogens with zero attached hydrogens (tertiary/aromatic N) is 4. The molecular weight excluding hydrogens is 495 g/mol. The lowest BCUT2D eigenvalue weighted by Gasteiger charge is -2.36. The van der Waals surface area contributed by atoms with Crippen molar-refractivity contribution >= 4 is 47.0 Å². The van der Waals surface area contributed by atoms with Gasteiger partial charge in [-0.2, -0.15) is 0 Å². The first-order valence-corrected chi connectivity index (χ1v) is 10.9. The predicted molar refractivity (Wildman–Crippen MR) is 135 cm³/mol. The number of guanidine groups is 1. The fraction of sp³-hybridized carbons (Fsp3) is 0.524. The Morgan fingerprint density at radius 1 is 1.10 bits per heavy atom. The van der Waals surface area contributed by atoms with Crippen molar-refractivity contribution in [2.24, 2.45) is 4.99 Å². The standard InChI is InChI=1S/C21H32N6S.HI/c1-17-18(2)28-20(25-17)16-24-21(22-3)23-10-7-11-26-12-14-27(15-13-26)19-8-5-4-6-9-19;/h4-6,8-9H,7,10-16H2,1-3H3,(H2,22,23,24);1H. The third-order valence-electron chi connectivity index (χ3n) is 5.14. The maximum absolute atomic E-state index is 4.56. The fourth-order valence-electron chi connectivity index (χ4n) is 3.37. The quantitative estimate of drug-likeness (QED) is 0.250. The van der Waals surface area contributed by atoms with Crippen molar-refractivity contribution in [3.63, 3.8) is 0 Å². The van der Waals surface area contributed by atoms with Gasteiger partial charge in [-0.15, -0.1) is 35.3 Å². The van der Waals surface area contributed by atoms with Crippen molar-refractivity contribution in [2.75, 3.05) is 51.2 Å². The number of anilines is 1. The van der Waals surface area contributed by atoms with Crippen molar-refractivity contribution in [3.05, 3.63) is 45.9 Å². The Kier molecular flexibility index (Phi) is 10.2. The number of hydrogen-bond acceptors (Lipinski definition) is 5. The monoisotopic (exact) mass is 528 g/mol. The zero-order chi connectivity index (χ0) is 19.8. The number of para-hydroxylation sites is 1. The second-order valence-corrected chi connectivity index (χ2v) is 8.41.